The zero-order chi connectivity index (χ0) is 25.4. The van der Waals surface area contributed by atoms with Gasteiger partial charge in [0, 0.05) is 29.6 Å². The molecule has 2 aliphatic rings. The number of hydrogen-bond donors (Lipinski definition) is 2. The van der Waals surface area contributed by atoms with Gasteiger partial charge in [-0.15, -0.1) is 11.3 Å². The molecule has 1 saturated heterocycles. The van der Waals surface area contributed by atoms with Gasteiger partial charge >= 0.3 is 0 Å². The van der Waals surface area contributed by atoms with Gasteiger partial charge in [0.2, 0.25) is 0 Å². The Hall–Kier alpha value is -1.94. The largest absolute Gasteiger partial charge is 0.497 e. The number of nitrogens with one attached hydrogen (secondary N) is 2. The third-order valence-electron chi connectivity index (χ3n) is 7.38. The predicted octanol–water partition coefficient (Wildman–Crippen LogP) is 4.79. The maximum Gasteiger partial charge on any atom is 0.252 e. The number of hydrogen-bond acceptors (Lipinski definition) is 6. The van der Waals surface area contributed by atoms with Gasteiger partial charge in [-0.05, 0) is 68.5 Å². The summed E-state index contributed by atoms with van der Waals surface area (Å²) in [5, 5.41) is 6.57. The molecule has 7 nitrogen and oxygen atoms in total. The van der Waals surface area contributed by atoms with Crippen molar-refractivity contribution in [1.29, 1.82) is 0 Å². The van der Waals surface area contributed by atoms with Crippen LogP contribution < -0.4 is 15.4 Å². The van der Waals surface area contributed by atoms with Crippen LogP contribution in [0.15, 0.2) is 40.6 Å². The van der Waals surface area contributed by atoms with Crippen LogP contribution in [-0.2, 0) is 16.6 Å². The minimum Gasteiger partial charge on any atom is -0.497 e. The van der Waals surface area contributed by atoms with Gasteiger partial charge in [-0.25, -0.2) is 8.42 Å². The third kappa shape index (κ3) is 7.31. The van der Waals surface area contributed by atoms with Gasteiger partial charge in [-0.1, -0.05) is 38.2 Å². The molecule has 36 heavy (non-hydrogen) atoms. The molecule has 1 saturated carbocycles. The first-order valence-corrected chi connectivity index (χ1v) is 15.5. The highest BCUT2D eigenvalue weighted by molar-refractivity contribution is 7.91. The number of rotatable bonds is 10. The molecule has 0 bridgehead atoms. The molecule has 1 aromatic heterocycles. The van der Waals surface area contributed by atoms with Crippen LogP contribution in [0.5, 0.6) is 5.75 Å². The average Bonchev–Trinajstić information content (AvgIpc) is 3.26. The first kappa shape index (κ1) is 27.1. The summed E-state index contributed by atoms with van der Waals surface area (Å²) in [7, 11) is -1.97. The molecule has 0 spiro atoms. The third-order valence-corrected chi connectivity index (χ3v) is 10.8. The van der Waals surface area contributed by atoms with Gasteiger partial charge in [0.05, 0.1) is 13.7 Å². The van der Waals surface area contributed by atoms with Crippen LogP contribution >= 0.6 is 11.3 Å². The monoisotopic (exact) mass is 533 g/mol. The van der Waals surface area contributed by atoms with E-state index in [1.807, 2.05) is 0 Å². The number of sulfonamides is 1. The number of benzene rings is 1. The summed E-state index contributed by atoms with van der Waals surface area (Å²) in [6.07, 6.45) is 10.8. The Morgan fingerprint density at radius 3 is 2.69 bits per heavy atom. The summed E-state index contributed by atoms with van der Waals surface area (Å²) >= 11 is 1.23. The smallest absolute Gasteiger partial charge is 0.252 e. The minimum absolute atomic E-state index is 0.221. The lowest BCUT2D eigenvalue weighted by Gasteiger charge is -2.23. The molecule has 198 valence electrons. The number of nitrogens with zero attached hydrogens (tertiary/aromatic N) is 1. The first-order valence-electron chi connectivity index (χ1n) is 13.2. The zero-order valence-electron chi connectivity index (χ0n) is 21.2. The van der Waals surface area contributed by atoms with E-state index < -0.39 is 10.0 Å². The van der Waals surface area contributed by atoms with E-state index >= 15 is 0 Å². The number of carbonyl (C=O) groups is 1. The summed E-state index contributed by atoms with van der Waals surface area (Å²) in [5.74, 6) is 1.26. The average molecular weight is 534 g/mol. The summed E-state index contributed by atoms with van der Waals surface area (Å²) in [4.78, 5) is 13.3. The Balaban J connectivity index is 1.26. The summed E-state index contributed by atoms with van der Waals surface area (Å²) in [6, 6.07) is 10.8. The highest BCUT2D eigenvalue weighted by atomic mass is 32.2. The second-order valence-electron chi connectivity index (χ2n) is 9.91. The maximum atomic E-state index is 13.3. The van der Waals surface area contributed by atoms with Crippen LogP contribution in [0.4, 0.5) is 0 Å². The van der Waals surface area contributed by atoms with Crippen molar-refractivity contribution >= 4 is 27.3 Å². The van der Waals surface area contributed by atoms with Crippen LogP contribution in [0.25, 0.3) is 0 Å². The fraction of sp³-hybridized carbons (Fsp3) is 0.593. The Morgan fingerprint density at radius 2 is 1.89 bits per heavy atom. The standard InChI is InChI=1S/C27H39N3O4S2/c1-34-24-11-5-9-22(19-24)27(31)29-20-25-12-13-26(35-25)36(32,33)30-17-6-10-23(15-18-30)28-16-14-21-7-3-2-4-8-21/h5,9,11-13,19,21,23,28H,2-4,6-8,10,14-18,20H2,1H3,(H,29,31). The van der Waals surface area contributed by atoms with Crippen molar-refractivity contribution in [1.82, 2.24) is 14.9 Å². The Morgan fingerprint density at radius 1 is 1.06 bits per heavy atom. The lowest BCUT2D eigenvalue weighted by Crippen LogP contribution is -2.34. The van der Waals surface area contributed by atoms with Gasteiger partial charge < -0.3 is 15.4 Å². The van der Waals surface area contributed by atoms with E-state index in [4.69, 9.17) is 4.74 Å². The zero-order valence-corrected chi connectivity index (χ0v) is 22.8. The highest BCUT2D eigenvalue weighted by Gasteiger charge is 2.29. The predicted molar refractivity (Wildman–Crippen MR) is 144 cm³/mol. The Bertz CT molecular complexity index is 1100. The number of carbonyl (C=O) groups excluding carboxylic acids is 1. The molecule has 1 aromatic carbocycles. The molecular formula is C27H39N3O4S2. The van der Waals surface area contributed by atoms with Gasteiger partial charge in [-0.2, -0.15) is 4.31 Å². The van der Waals surface area contributed by atoms with Crippen LogP contribution in [-0.4, -0.2) is 51.4 Å². The van der Waals surface area contributed by atoms with Crippen LogP contribution in [0, 0.1) is 5.92 Å². The van der Waals surface area contributed by atoms with Crippen molar-refractivity contribution in [2.45, 2.75) is 74.6 Å². The number of thiophene rings is 1. The van der Waals surface area contributed by atoms with Crippen LogP contribution in [0.2, 0.25) is 0 Å². The van der Waals surface area contributed by atoms with Crippen molar-refractivity contribution < 1.29 is 17.9 Å². The molecule has 1 amide bonds. The van der Waals surface area contributed by atoms with Gasteiger partial charge in [0.25, 0.3) is 15.9 Å². The van der Waals surface area contributed by atoms with Crippen molar-refractivity contribution in [2.75, 3.05) is 26.7 Å². The molecule has 2 heterocycles. The number of amides is 1. The van der Waals surface area contributed by atoms with Crippen molar-refractivity contribution in [2.24, 2.45) is 5.92 Å². The summed E-state index contributed by atoms with van der Waals surface area (Å²) in [6.45, 7) is 2.42. The summed E-state index contributed by atoms with van der Waals surface area (Å²) in [5.41, 5.74) is 0.505. The SMILES string of the molecule is COc1cccc(C(=O)NCc2ccc(S(=O)(=O)N3CCCC(NCCC4CCCCC4)CC3)s2)c1. The molecule has 9 heteroatoms. The van der Waals surface area contributed by atoms with E-state index in [0.717, 1.165) is 36.6 Å². The molecule has 0 radical (unpaired) electrons. The molecule has 2 aromatic rings. The second-order valence-corrected chi connectivity index (χ2v) is 13.2. The first-order chi connectivity index (χ1) is 17.5. The van der Waals surface area contributed by atoms with Crippen molar-refractivity contribution in [3.05, 3.63) is 46.8 Å². The molecule has 1 aliphatic carbocycles. The molecule has 1 unspecified atom stereocenters. The lowest BCUT2D eigenvalue weighted by molar-refractivity contribution is 0.0951. The minimum atomic E-state index is -3.53. The van der Waals surface area contributed by atoms with E-state index in [1.165, 1.54) is 49.9 Å². The summed E-state index contributed by atoms with van der Waals surface area (Å²) < 4.78 is 33.8. The maximum absolute atomic E-state index is 13.3. The van der Waals surface area contributed by atoms with Gasteiger partial charge in [0.1, 0.15) is 9.96 Å². The van der Waals surface area contributed by atoms with E-state index in [9.17, 15) is 13.2 Å². The van der Waals surface area contributed by atoms with Gasteiger partial charge in [-0.3, -0.25) is 4.79 Å². The number of ether oxygens (including phenoxy) is 1. The van der Waals surface area contributed by atoms with Crippen molar-refractivity contribution in [3.63, 3.8) is 0 Å². The van der Waals surface area contributed by atoms with Crippen molar-refractivity contribution in [3.8, 4) is 5.75 Å². The molecule has 1 atom stereocenters. The highest BCUT2D eigenvalue weighted by Crippen LogP contribution is 2.28. The van der Waals surface area contributed by atoms with E-state index in [2.05, 4.69) is 10.6 Å². The molecule has 2 fully saturated rings. The second kappa shape index (κ2) is 13.0. The Kier molecular flexibility index (Phi) is 9.81. The molecule has 1 aliphatic heterocycles. The van der Waals surface area contributed by atoms with E-state index in [1.54, 1.807) is 47.8 Å². The normalized spacial score (nSPS) is 20.1. The topological polar surface area (TPSA) is 87.7 Å². The van der Waals surface area contributed by atoms with E-state index in [-0.39, 0.29) is 12.5 Å². The Labute approximate surface area is 219 Å². The fourth-order valence-corrected chi connectivity index (χ4v) is 8.18. The van der Waals surface area contributed by atoms with Gasteiger partial charge in [0.15, 0.2) is 0 Å². The number of methoxy groups -OCH3 is 1. The fourth-order valence-electron chi connectivity index (χ4n) is 5.23. The van der Waals surface area contributed by atoms with Crippen LogP contribution in [0.1, 0.15) is 73.0 Å². The quantitative estimate of drug-likeness (QED) is 0.459. The van der Waals surface area contributed by atoms with Crippen LogP contribution in [0.3, 0.4) is 0 Å². The molecule has 4 rings (SSSR count). The lowest BCUT2D eigenvalue weighted by atomic mass is 9.87. The molecule has 2 N–H and O–H groups in total. The van der Waals surface area contributed by atoms with E-state index in [0.29, 0.717) is 34.7 Å². The molecular weight excluding hydrogens is 494 g/mol.